The molecule has 0 spiro atoms. The lowest BCUT2D eigenvalue weighted by Crippen LogP contribution is -2.30. The fourth-order valence-corrected chi connectivity index (χ4v) is 3.00. The van der Waals surface area contributed by atoms with Gasteiger partial charge in [0.1, 0.15) is 6.10 Å². The SMILES string of the molecule is CCCNCc1cccnc1OC1CCCCC1CC. The molecule has 2 unspecified atom stereocenters. The molecule has 1 aliphatic rings. The van der Waals surface area contributed by atoms with Crippen molar-refractivity contribution in [2.24, 2.45) is 5.92 Å². The zero-order chi connectivity index (χ0) is 14.2. The molecule has 3 heteroatoms. The van der Waals surface area contributed by atoms with Crippen LogP contribution >= 0.6 is 0 Å². The van der Waals surface area contributed by atoms with E-state index in [1.807, 2.05) is 12.3 Å². The third-order valence-electron chi connectivity index (χ3n) is 4.22. The zero-order valence-electron chi connectivity index (χ0n) is 12.9. The number of nitrogens with one attached hydrogen (secondary N) is 1. The van der Waals surface area contributed by atoms with E-state index in [0.29, 0.717) is 12.0 Å². The average molecular weight is 276 g/mol. The smallest absolute Gasteiger partial charge is 0.218 e. The Morgan fingerprint density at radius 2 is 2.15 bits per heavy atom. The van der Waals surface area contributed by atoms with Crippen molar-refractivity contribution in [1.29, 1.82) is 0 Å². The van der Waals surface area contributed by atoms with Crippen LogP contribution in [0, 0.1) is 5.92 Å². The largest absolute Gasteiger partial charge is 0.474 e. The fourth-order valence-electron chi connectivity index (χ4n) is 3.00. The summed E-state index contributed by atoms with van der Waals surface area (Å²) in [4.78, 5) is 4.46. The lowest BCUT2D eigenvalue weighted by Gasteiger charge is -2.31. The monoisotopic (exact) mass is 276 g/mol. The number of hydrogen-bond acceptors (Lipinski definition) is 3. The zero-order valence-corrected chi connectivity index (χ0v) is 12.9. The molecular weight excluding hydrogens is 248 g/mol. The summed E-state index contributed by atoms with van der Waals surface area (Å²) < 4.78 is 6.27. The summed E-state index contributed by atoms with van der Waals surface area (Å²) in [5.74, 6) is 1.53. The molecule has 0 aliphatic heterocycles. The van der Waals surface area contributed by atoms with Crippen molar-refractivity contribution in [2.75, 3.05) is 6.54 Å². The standard InChI is InChI=1S/C17H28N2O/c1-3-11-18-13-15-9-7-12-19-17(15)20-16-10-6-5-8-14(16)4-2/h7,9,12,14,16,18H,3-6,8,10-11,13H2,1-2H3. The van der Waals surface area contributed by atoms with E-state index in [4.69, 9.17) is 4.74 Å². The van der Waals surface area contributed by atoms with Crippen molar-refractivity contribution < 1.29 is 4.74 Å². The van der Waals surface area contributed by atoms with E-state index in [1.165, 1.54) is 37.7 Å². The summed E-state index contributed by atoms with van der Waals surface area (Å²) in [7, 11) is 0. The van der Waals surface area contributed by atoms with Gasteiger partial charge >= 0.3 is 0 Å². The van der Waals surface area contributed by atoms with E-state index < -0.39 is 0 Å². The van der Waals surface area contributed by atoms with Gasteiger partial charge < -0.3 is 10.1 Å². The van der Waals surface area contributed by atoms with Crippen molar-refractivity contribution in [3.8, 4) is 5.88 Å². The van der Waals surface area contributed by atoms with Gasteiger partial charge in [0.25, 0.3) is 0 Å². The van der Waals surface area contributed by atoms with E-state index in [2.05, 4.69) is 30.2 Å². The van der Waals surface area contributed by atoms with Crippen LogP contribution in [-0.2, 0) is 6.54 Å². The molecule has 0 saturated heterocycles. The molecule has 0 bridgehead atoms. The van der Waals surface area contributed by atoms with Gasteiger partial charge in [0.05, 0.1) is 0 Å². The van der Waals surface area contributed by atoms with Crippen molar-refractivity contribution >= 4 is 0 Å². The predicted molar refractivity (Wildman–Crippen MR) is 82.9 cm³/mol. The highest BCUT2D eigenvalue weighted by atomic mass is 16.5. The van der Waals surface area contributed by atoms with Gasteiger partial charge in [0, 0.05) is 18.3 Å². The van der Waals surface area contributed by atoms with Gasteiger partial charge in [-0.2, -0.15) is 0 Å². The maximum absolute atomic E-state index is 6.27. The summed E-state index contributed by atoms with van der Waals surface area (Å²) in [6, 6.07) is 4.11. The number of rotatable bonds is 7. The lowest BCUT2D eigenvalue weighted by molar-refractivity contribution is 0.0846. The first-order chi connectivity index (χ1) is 9.85. The van der Waals surface area contributed by atoms with E-state index in [-0.39, 0.29) is 0 Å². The molecular formula is C17H28N2O. The molecule has 3 nitrogen and oxygen atoms in total. The molecule has 112 valence electrons. The van der Waals surface area contributed by atoms with E-state index in [9.17, 15) is 0 Å². The summed E-state index contributed by atoms with van der Waals surface area (Å²) in [6.07, 6.45) is 9.67. The minimum Gasteiger partial charge on any atom is -0.474 e. The summed E-state index contributed by atoms with van der Waals surface area (Å²) in [6.45, 7) is 6.34. The van der Waals surface area contributed by atoms with Crippen LogP contribution in [0.3, 0.4) is 0 Å². The number of ether oxygens (including phenoxy) is 1. The molecule has 1 saturated carbocycles. The van der Waals surface area contributed by atoms with E-state index in [1.54, 1.807) is 0 Å². The lowest BCUT2D eigenvalue weighted by atomic mass is 9.85. The first kappa shape index (κ1) is 15.3. The van der Waals surface area contributed by atoms with Crippen molar-refractivity contribution in [1.82, 2.24) is 10.3 Å². The molecule has 1 fully saturated rings. The fraction of sp³-hybridized carbons (Fsp3) is 0.706. The molecule has 2 atom stereocenters. The molecule has 1 N–H and O–H groups in total. The van der Waals surface area contributed by atoms with Gasteiger partial charge in [-0.3, -0.25) is 0 Å². The Balaban J connectivity index is 2.00. The van der Waals surface area contributed by atoms with Gasteiger partial charge in [-0.25, -0.2) is 4.98 Å². The number of hydrogen-bond donors (Lipinski definition) is 1. The van der Waals surface area contributed by atoms with Crippen LogP contribution in [0.5, 0.6) is 5.88 Å². The van der Waals surface area contributed by atoms with Gasteiger partial charge in [-0.1, -0.05) is 26.3 Å². The maximum Gasteiger partial charge on any atom is 0.218 e. The van der Waals surface area contributed by atoms with Crippen LogP contribution in [0.1, 0.15) is 57.9 Å². The summed E-state index contributed by atoms with van der Waals surface area (Å²) in [5, 5.41) is 3.43. The van der Waals surface area contributed by atoms with Crippen LogP contribution in [0.15, 0.2) is 18.3 Å². The average Bonchev–Trinajstić information content (AvgIpc) is 2.50. The normalized spacial score (nSPS) is 22.7. The quantitative estimate of drug-likeness (QED) is 0.766. The number of aromatic nitrogens is 1. The third kappa shape index (κ3) is 4.20. The summed E-state index contributed by atoms with van der Waals surface area (Å²) >= 11 is 0. The molecule has 2 rings (SSSR count). The Hall–Kier alpha value is -1.09. The van der Waals surface area contributed by atoms with Crippen LogP contribution in [-0.4, -0.2) is 17.6 Å². The van der Waals surface area contributed by atoms with Gasteiger partial charge in [0.2, 0.25) is 5.88 Å². The Morgan fingerprint density at radius 3 is 2.95 bits per heavy atom. The predicted octanol–water partition coefficient (Wildman–Crippen LogP) is 3.93. The first-order valence-corrected chi connectivity index (χ1v) is 8.16. The number of pyridine rings is 1. The molecule has 1 aliphatic carbocycles. The second-order valence-electron chi connectivity index (χ2n) is 5.75. The van der Waals surface area contributed by atoms with Crippen LogP contribution in [0.4, 0.5) is 0 Å². The molecule has 1 heterocycles. The highest BCUT2D eigenvalue weighted by molar-refractivity contribution is 5.25. The number of nitrogens with zero attached hydrogens (tertiary/aromatic N) is 1. The van der Waals surface area contributed by atoms with E-state index >= 15 is 0 Å². The Bertz CT molecular complexity index is 394. The Labute approximate surface area is 123 Å². The third-order valence-corrected chi connectivity index (χ3v) is 4.22. The second kappa shape index (κ2) is 8.25. The van der Waals surface area contributed by atoms with Gasteiger partial charge in [-0.15, -0.1) is 0 Å². The highest BCUT2D eigenvalue weighted by Gasteiger charge is 2.26. The van der Waals surface area contributed by atoms with Crippen molar-refractivity contribution in [3.05, 3.63) is 23.9 Å². The van der Waals surface area contributed by atoms with Crippen LogP contribution < -0.4 is 10.1 Å². The van der Waals surface area contributed by atoms with Gasteiger partial charge in [-0.05, 0) is 50.6 Å². The highest BCUT2D eigenvalue weighted by Crippen LogP contribution is 2.30. The van der Waals surface area contributed by atoms with Crippen molar-refractivity contribution in [3.63, 3.8) is 0 Å². The molecule has 0 radical (unpaired) electrons. The first-order valence-electron chi connectivity index (χ1n) is 8.16. The minimum absolute atomic E-state index is 0.355. The maximum atomic E-state index is 6.27. The van der Waals surface area contributed by atoms with E-state index in [0.717, 1.165) is 25.4 Å². The molecule has 20 heavy (non-hydrogen) atoms. The molecule has 1 aromatic heterocycles. The summed E-state index contributed by atoms with van der Waals surface area (Å²) in [5.41, 5.74) is 1.18. The second-order valence-corrected chi connectivity index (χ2v) is 5.75. The van der Waals surface area contributed by atoms with Crippen LogP contribution in [0.2, 0.25) is 0 Å². The minimum atomic E-state index is 0.355. The molecule has 0 amide bonds. The molecule has 1 aromatic rings. The molecule has 0 aromatic carbocycles. The topological polar surface area (TPSA) is 34.2 Å². The van der Waals surface area contributed by atoms with Crippen molar-refractivity contribution in [2.45, 2.75) is 65.0 Å². The van der Waals surface area contributed by atoms with Gasteiger partial charge in [0.15, 0.2) is 0 Å². The Kier molecular flexibility index (Phi) is 6.31. The Morgan fingerprint density at radius 1 is 1.30 bits per heavy atom. The van der Waals surface area contributed by atoms with Crippen LogP contribution in [0.25, 0.3) is 0 Å².